The van der Waals surface area contributed by atoms with Crippen LogP contribution in [0.25, 0.3) is 0 Å². The molecule has 1 fully saturated rings. The molecule has 1 aliphatic heterocycles. The third-order valence-corrected chi connectivity index (χ3v) is 7.52. The first-order valence-electron chi connectivity index (χ1n) is 10.9. The highest BCUT2D eigenvalue weighted by molar-refractivity contribution is 7.92. The van der Waals surface area contributed by atoms with E-state index in [4.69, 9.17) is 11.6 Å². The molecule has 9 nitrogen and oxygen atoms in total. The van der Waals surface area contributed by atoms with Crippen LogP contribution in [0.15, 0.2) is 71.9 Å². The van der Waals surface area contributed by atoms with Crippen LogP contribution >= 0.6 is 11.6 Å². The summed E-state index contributed by atoms with van der Waals surface area (Å²) < 4.78 is 61.7. The molecule has 1 aliphatic rings. The zero-order chi connectivity index (χ0) is 27.8. The summed E-state index contributed by atoms with van der Waals surface area (Å²) >= 11 is 5.94. The van der Waals surface area contributed by atoms with Gasteiger partial charge in [0.1, 0.15) is 6.04 Å². The average molecular weight is 567 g/mol. The van der Waals surface area contributed by atoms with Crippen molar-refractivity contribution in [2.45, 2.75) is 29.9 Å². The number of sulfone groups is 1. The second-order valence-electron chi connectivity index (χ2n) is 8.20. The van der Waals surface area contributed by atoms with Crippen LogP contribution in [0, 0.1) is 0 Å². The molecule has 38 heavy (non-hydrogen) atoms. The molecule has 2 aromatic carbocycles. The molecule has 0 radical (unpaired) electrons. The van der Waals surface area contributed by atoms with E-state index in [1.54, 1.807) is 24.3 Å². The lowest BCUT2D eigenvalue weighted by Crippen LogP contribution is -2.33. The largest absolute Gasteiger partial charge is 0.501 e. The van der Waals surface area contributed by atoms with Gasteiger partial charge >= 0.3 is 11.5 Å². The summed E-state index contributed by atoms with van der Waals surface area (Å²) in [6.45, 7) is 1.35. The van der Waals surface area contributed by atoms with Crippen LogP contribution in [0.1, 0.15) is 22.8 Å². The van der Waals surface area contributed by atoms with E-state index in [2.05, 4.69) is 10.3 Å². The Hall–Kier alpha value is -3.97. The minimum absolute atomic E-state index is 0.0975. The molecule has 1 aromatic heterocycles. The second kappa shape index (κ2) is 10.1. The van der Waals surface area contributed by atoms with Crippen molar-refractivity contribution in [3.8, 4) is 0 Å². The molecule has 14 heteroatoms. The van der Waals surface area contributed by atoms with Gasteiger partial charge in [0.2, 0.25) is 0 Å². The summed E-state index contributed by atoms with van der Waals surface area (Å²) in [4.78, 5) is 43.7. The van der Waals surface area contributed by atoms with Crippen molar-refractivity contribution in [2.75, 3.05) is 10.2 Å². The highest BCUT2D eigenvalue weighted by atomic mass is 35.5. The number of hydrogen-bond donors (Lipinski definition) is 1. The van der Waals surface area contributed by atoms with Gasteiger partial charge in [0, 0.05) is 16.8 Å². The third-order valence-electron chi connectivity index (χ3n) is 5.78. The van der Waals surface area contributed by atoms with Crippen LogP contribution in [0.5, 0.6) is 0 Å². The van der Waals surface area contributed by atoms with Crippen molar-refractivity contribution in [1.29, 1.82) is 0 Å². The van der Waals surface area contributed by atoms with E-state index < -0.39 is 44.1 Å². The van der Waals surface area contributed by atoms with Gasteiger partial charge in [-0.2, -0.15) is 13.2 Å². The maximum Gasteiger partial charge on any atom is 0.501 e. The first-order chi connectivity index (χ1) is 17.8. The fraction of sp³-hybridized carbons (Fsp3) is 0.167. The van der Waals surface area contributed by atoms with Gasteiger partial charge in [-0.3, -0.25) is 14.6 Å². The lowest BCUT2D eigenvalue weighted by atomic mass is 10.1. The van der Waals surface area contributed by atoms with Gasteiger partial charge in [-0.15, -0.1) is 0 Å². The van der Waals surface area contributed by atoms with Crippen LogP contribution in [0.4, 0.5) is 29.3 Å². The van der Waals surface area contributed by atoms with Gasteiger partial charge in [-0.05, 0) is 61.0 Å². The Morgan fingerprint density at radius 1 is 1.11 bits per heavy atom. The molecule has 4 rings (SSSR count). The minimum Gasteiger partial charge on any atom is -0.320 e. The summed E-state index contributed by atoms with van der Waals surface area (Å²) in [6.07, 6.45) is 2.82. The molecular formula is C24H18ClF3N4O5S. The molecule has 198 valence electrons. The molecule has 1 unspecified atom stereocenters. The summed E-state index contributed by atoms with van der Waals surface area (Å²) in [5.74, 6) is -1.14. The number of benzene rings is 2. The van der Waals surface area contributed by atoms with Crippen LogP contribution in [0.3, 0.4) is 0 Å². The van der Waals surface area contributed by atoms with Gasteiger partial charge in [0.15, 0.2) is 0 Å². The van der Waals surface area contributed by atoms with Crippen LogP contribution < -0.4 is 10.2 Å². The Morgan fingerprint density at radius 2 is 1.79 bits per heavy atom. The van der Waals surface area contributed by atoms with E-state index in [1.165, 1.54) is 30.3 Å². The highest BCUT2D eigenvalue weighted by Gasteiger charge is 2.47. The smallest absolute Gasteiger partial charge is 0.320 e. The maximum absolute atomic E-state index is 13.2. The van der Waals surface area contributed by atoms with Crippen molar-refractivity contribution in [3.05, 3.63) is 83.1 Å². The lowest BCUT2D eigenvalue weighted by molar-refractivity contribution is -0.119. The van der Waals surface area contributed by atoms with Gasteiger partial charge in [-0.1, -0.05) is 17.7 Å². The fourth-order valence-corrected chi connectivity index (χ4v) is 4.69. The third kappa shape index (κ3) is 5.07. The SMILES string of the molecule is CC1C(=O)N(c2ccc(S(=O)(=O)C(F)(F)F)cc2)C(=O)N1Cc1ccncc1NC(=O)c1cccc(Cl)c1. The number of imide groups is 1. The number of nitrogens with zero attached hydrogens (tertiary/aromatic N) is 3. The summed E-state index contributed by atoms with van der Waals surface area (Å²) in [5, 5.41) is 3.06. The number of nitrogens with one attached hydrogen (secondary N) is 1. The number of rotatable bonds is 6. The minimum atomic E-state index is -5.59. The number of amides is 4. The Labute approximate surface area is 219 Å². The Bertz CT molecular complexity index is 1530. The zero-order valence-corrected chi connectivity index (χ0v) is 21.0. The molecule has 0 saturated carbocycles. The van der Waals surface area contributed by atoms with Gasteiger partial charge in [0.05, 0.1) is 29.0 Å². The zero-order valence-electron chi connectivity index (χ0n) is 19.4. The molecule has 1 N–H and O–H groups in total. The van der Waals surface area contributed by atoms with Crippen molar-refractivity contribution in [3.63, 3.8) is 0 Å². The number of halogens is 4. The van der Waals surface area contributed by atoms with E-state index >= 15 is 0 Å². The van der Waals surface area contributed by atoms with Crippen molar-refractivity contribution < 1.29 is 36.0 Å². The number of anilines is 2. The molecule has 0 aliphatic carbocycles. The number of hydrogen-bond acceptors (Lipinski definition) is 6. The normalized spacial score (nSPS) is 16.2. The standard InChI is InChI=1S/C24H18ClF3N4O5S/c1-14-22(34)32(18-5-7-19(8-6-18)38(36,37)24(26,27)28)23(35)31(14)13-16-9-10-29-12-20(16)30-21(33)15-3-2-4-17(25)11-15/h2-12,14H,13H2,1H3,(H,30,33). The number of aromatic nitrogens is 1. The van der Waals surface area contributed by atoms with E-state index in [0.29, 0.717) is 22.7 Å². The number of carbonyl (C=O) groups excluding carboxylic acids is 3. The topological polar surface area (TPSA) is 117 Å². The molecule has 1 saturated heterocycles. The average Bonchev–Trinajstić information content (AvgIpc) is 3.07. The lowest BCUT2D eigenvalue weighted by Gasteiger charge is -2.21. The van der Waals surface area contributed by atoms with E-state index in [0.717, 1.165) is 17.0 Å². The number of urea groups is 1. The van der Waals surface area contributed by atoms with Gasteiger partial charge in [0.25, 0.3) is 21.7 Å². The predicted octanol–water partition coefficient (Wildman–Crippen LogP) is 4.64. The summed E-state index contributed by atoms with van der Waals surface area (Å²) in [5.41, 5.74) is -4.57. The van der Waals surface area contributed by atoms with E-state index in [9.17, 15) is 36.0 Å². The first-order valence-corrected chi connectivity index (χ1v) is 12.7. The first kappa shape index (κ1) is 27.1. The van der Waals surface area contributed by atoms with Crippen LogP contribution in [-0.2, 0) is 21.2 Å². The fourth-order valence-electron chi connectivity index (χ4n) is 3.74. The molecule has 2 heterocycles. The van der Waals surface area contributed by atoms with Crippen molar-refractivity contribution >= 4 is 50.7 Å². The molecule has 0 spiro atoms. The second-order valence-corrected chi connectivity index (χ2v) is 10.6. The summed E-state index contributed by atoms with van der Waals surface area (Å²) in [7, 11) is -5.59. The monoisotopic (exact) mass is 566 g/mol. The number of carbonyl (C=O) groups is 3. The quantitative estimate of drug-likeness (QED) is 0.435. The Morgan fingerprint density at radius 3 is 2.42 bits per heavy atom. The van der Waals surface area contributed by atoms with Gasteiger partial charge < -0.3 is 10.2 Å². The molecular weight excluding hydrogens is 549 g/mol. The van der Waals surface area contributed by atoms with Crippen molar-refractivity contribution in [2.24, 2.45) is 0 Å². The van der Waals surface area contributed by atoms with E-state index in [-0.39, 0.29) is 23.5 Å². The molecule has 4 amide bonds. The van der Waals surface area contributed by atoms with Crippen molar-refractivity contribution in [1.82, 2.24) is 9.88 Å². The van der Waals surface area contributed by atoms with E-state index in [1.807, 2.05) is 0 Å². The molecule has 3 aromatic rings. The Kier molecular flexibility index (Phi) is 7.17. The van der Waals surface area contributed by atoms with Gasteiger partial charge in [-0.25, -0.2) is 18.1 Å². The molecule has 0 bridgehead atoms. The highest BCUT2D eigenvalue weighted by Crippen LogP contribution is 2.33. The van der Waals surface area contributed by atoms with Crippen LogP contribution in [0.2, 0.25) is 5.02 Å². The predicted molar refractivity (Wildman–Crippen MR) is 131 cm³/mol. The van der Waals surface area contributed by atoms with Crippen LogP contribution in [-0.4, -0.2) is 47.7 Å². The maximum atomic E-state index is 13.2. The Balaban J connectivity index is 1.56. The number of pyridine rings is 1. The summed E-state index contributed by atoms with van der Waals surface area (Å²) in [6, 6.07) is 9.32. The molecule has 1 atom stereocenters. The number of alkyl halides is 3.